The van der Waals surface area contributed by atoms with Crippen molar-refractivity contribution < 1.29 is 23.8 Å². The van der Waals surface area contributed by atoms with Gasteiger partial charge in [0.15, 0.2) is 11.5 Å². The maximum atomic E-state index is 12.8. The fourth-order valence-electron chi connectivity index (χ4n) is 2.77. The number of amides is 2. The molecule has 1 heterocycles. The molecule has 146 valence electrons. The summed E-state index contributed by atoms with van der Waals surface area (Å²) in [7, 11) is 4.54. The molecule has 0 atom stereocenters. The van der Waals surface area contributed by atoms with E-state index >= 15 is 0 Å². The summed E-state index contributed by atoms with van der Waals surface area (Å²) >= 11 is 7.03. The van der Waals surface area contributed by atoms with Crippen LogP contribution in [0.5, 0.6) is 17.2 Å². The largest absolute Gasteiger partial charge is 0.493 e. The minimum absolute atomic E-state index is 0.122. The number of carbonyl (C=O) groups is 2. The quantitative estimate of drug-likeness (QED) is 0.637. The first-order chi connectivity index (χ1) is 13.5. The van der Waals surface area contributed by atoms with Gasteiger partial charge in [0.05, 0.1) is 32.8 Å². The van der Waals surface area contributed by atoms with Gasteiger partial charge in [-0.25, -0.2) is 0 Å². The summed E-state index contributed by atoms with van der Waals surface area (Å²) in [5.41, 5.74) is 1.36. The van der Waals surface area contributed by atoms with Gasteiger partial charge in [0.2, 0.25) is 5.75 Å². The molecule has 1 aliphatic heterocycles. The molecule has 6 nitrogen and oxygen atoms in total. The lowest BCUT2D eigenvalue weighted by molar-refractivity contribution is -0.123. The van der Waals surface area contributed by atoms with E-state index in [0.29, 0.717) is 38.3 Å². The Hall–Kier alpha value is -2.64. The SMILES string of the molecule is COc1cc(C=C2SC(=O)N(Cc3ccccc3Cl)C2=O)cc(OC)c1OC. The number of ether oxygens (including phenoxy) is 3. The minimum Gasteiger partial charge on any atom is -0.493 e. The molecule has 1 saturated heterocycles. The Labute approximate surface area is 172 Å². The van der Waals surface area contributed by atoms with Crippen molar-refractivity contribution in [3.63, 3.8) is 0 Å². The molecule has 2 aromatic rings. The second-order valence-electron chi connectivity index (χ2n) is 5.82. The van der Waals surface area contributed by atoms with Gasteiger partial charge in [0, 0.05) is 5.02 Å². The third-order valence-electron chi connectivity index (χ3n) is 4.14. The Morgan fingerprint density at radius 1 is 1.04 bits per heavy atom. The molecule has 8 heteroatoms. The van der Waals surface area contributed by atoms with Crippen LogP contribution < -0.4 is 14.2 Å². The summed E-state index contributed by atoms with van der Waals surface area (Å²) in [6.45, 7) is 0.122. The Balaban J connectivity index is 1.90. The molecule has 2 aromatic carbocycles. The molecule has 0 aliphatic carbocycles. The molecule has 1 aliphatic rings. The van der Waals surface area contributed by atoms with Crippen molar-refractivity contribution in [2.24, 2.45) is 0 Å². The van der Waals surface area contributed by atoms with Crippen LogP contribution in [0.15, 0.2) is 41.3 Å². The summed E-state index contributed by atoms with van der Waals surface area (Å²) in [6.07, 6.45) is 1.63. The molecule has 1 fully saturated rings. The van der Waals surface area contributed by atoms with Crippen molar-refractivity contribution in [1.29, 1.82) is 0 Å². The molecule has 0 bridgehead atoms. The fourth-order valence-corrected chi connectivity index (χ4v) is 3.80. The van der Waals surface area contributed by atoms with Crippen LogP contribution in [0.1, 0.15) is 11.1 Å². The van der Waals surface area contributed by atoms with E-state index in [0.717, 1.165) is 11.8 Å². The fraction of sp³-hybridized carbons (Fsp3) is 0.200. The molecule has 2 amide bonds. The highest BCUT2D eigenvalue weighted by Gasteiger charge is 2.35. The van der Waals surface area contributed by atoms with Crippen LogP contribution in [-0.4, -0.2) is 37.4 Å². The van der Waals surface area contributed by atoms with Gasteiger partial charge in [-0.2, -0.15) is 0 Å². The van der Waals surface area contributed by atoms with Crippen molar-refractivity contribution in [3.8, 4) is 17.2 Å². The molecule has 0 aromatic heterocycles. The zero-order valence-electron chi connectivity index (χ0n) is 15.5. The van der Waals surface area contributed by atoms with Crippen molar-refractivity contribution in [2.75, 3.05) is 21.3 Å². The molecular weight excluding hydrogens is 402 g/mol. The maximum Gasteiger partial charge on any atom is 0.293 e. The first kappa shape index (κ1) is 20.1. The number of methoxy groups -OCH3 is 3. The topological polar surface area (TPSA) is 65.1 Å². The van der Waals surface area contributed by atoms with Crippen LogP contribution in [-0.2, 0) is 11.3 Å². The van der Waals surface area contributed by atoms with E-state index in [4.69, 9.17) is 25.8 Å². The molecule has 0 radical (unpaired) electrons. The zero-order chi connectivity index (χ0) is 20.3. The molecule has 0 saturated carbocycles. The van der Waals surface area contributed by atoms with E-state index in [-0.39, 0.29) is 17.7 Å². The van der Waals surface area contributed by atoms with Gasteiger partial charge in [-0.3, -0.25) is 14.5 Å². The molecule has 3 rings (SSSR count). The highest BCUT2D eigenvalue weighted by atomic mass is 35.5. The Bertz CT molecular complexity index is 934. The lowest BCUT2D eigenvalue weighted by Gasteiger charge is -2.14. The standard InChI is InChI=1S/C20H18ClNO5S/c1-25-15-8-12(9-16(26-2)18(15)27-3)10-17-19(23)22(20(24)28-17)11-13-6-4-5-7-14(13)21/h4-10H,11H2,1-3H3. The van der Waals surface area contributed by atoms with Gasteiger partial charge >= 0.3 is 0 Å². The number of thioether (sulfide) groups is 1. The van der Waals surface area contributed by atoms with Crippen LogP contribution in [0, 0.1) is 0 Å². The van der Waals surface area contributed by atoms with E-state index in [1.807, 2.05) is 6.07 Å². The lowest BCUT2D eigenvalue weighted by atomic mass is 10.1. The maximum absolute atomic E-state index is 12.8. The van der Waals surface area contributed by atoms with Crippen LogP contribution in [0.25, 0.3) is 6.08 Å². The Morgan fingerprint density at radius 3 is 2.25 bits per heavy atom. The van der Waals surface area contributed by atoms with Gasteiger partial charge in [-0.05, 0) is 47.2 Å². The van der Waals surface area contributed by atoms with Crippen LogP contribution in [0.3, 0.4) is 0 Å². The van der Waals surface area contributed by atoms with E-state index in [2.05, 4.69) is 0 Å². The number of carbonyl (C=O) groups excluding carboxylic acids is 2. The predicted molar refractivity (Wildman–Crippen MR) is 109 cm³/mol. The number of hydrogen-bond acceptors (Lipinski definition) is 6. The summed E-state index contributed by atoms with van der Waals surface area (Å²) in [6, 6.07) is 10.5. The normalized spacial score (nSPS) is 15.3. The van der Waals surface area contributed by atoms with E-state index in [9.17, 15) is 9.59 Å². The van der Waals surface area contributed by atoms with Gasteiger partial charge in [0.1, 0.15) is 0 Å². The molecular formula is C20H18ClNO5S. The second-order valence-corrected chi connectivity index (χ2v) is 7.22. The highest BCUT2D eigenvalue weighted by Crippen LogP contribution is 2.40. The van der Waals surface area contributed by atoms with Crippen LogP contribution >= 0.6 is 23.4 Å². The average molecular weight is 420 g/mol. The zero-order valence-corrected chi connectivity index (χ0v) is 17.1. The van der Waals surface area contributed by atoms with Gasteiger partial charge in [-0.15, -0.1) is 0 Å². The second kappa shape index (κ2) is 8.58. The molecule has 0 spiro atoms. The van der Waals surface area contributed by atoms with Crippen molar-refractivity contribution in [1.82, 2.24) is 4.90 Å². The van der Waals surface area contributed by atoms with E-state index < -0.39 is 0 Å². The third kappa shape index (κ3) is 3.95. The summed E-state index contributed by atoms with van der Waals surface area (Å²) in [4.78, 5) is 26.6. The summed E-state index contributed by atoms with van der Waals surface area (Å²) in [5, 5.41) is 0.166. The van der Waals surface area contributed by atoms with Crippen molar-refractivity contribution >= 4 is 40.6 Å². The lowest BCUT2D eigenvalue weighted by Crippen LogP contribution is -2.27. The van der Waals surface area contributed by atoms with E-state index in [1.54, 1.807) is 36.4 Å². The van der Waals surface area contributed by atoms with Crippen LogP contribution in [0.4, 0.5) is 4.79 Å². The number of benzene rings is 2. The summed E-state index contributed by atoms with van der Waals surface area (Å²) in [5.74, 6) is 1.00. The number of hydrogen-bond donors (Lipinski definition) is 0. The van der Waals surface area contributed by atoms with Crippen molar-refractivity contribution in [2.45, 2.75) is 6.54 Å². The number of rotatable bonds is 6. The number of halogens is 1. The number of nitrogens with zero attached hydrogens (tertiary/aromatic N) is 1. The average Bonchev–Trinajstić information content (AvgIpc) is 2.96. The van der Waals surface area contributed by atoms with Crippen LogP contribution in [0.2, 0.25) is 5.02 Å². The minimum atomic E-state index is -0.372. The summed E-state index contributed by atoms with van der Waals surface area (Å²) < 4.78 is 16.0. The van der Waals surface area contributed by atoms with Gasteiger partial charge in [0.25, 0.3) is 11.1 Å². The monoisotopic (exact) mass is 419 g/mol. The third-order valence-corrected chi connectivity index (χ3v) is 5.42. The van der Waals surface area contributed by atoms with Gasteiger partial charge < -0.3 is 14.2 Å². The van der Waals surface area contributed by atoms with Gasteiger partial charge in [-0.1, -0.05) is 29.8 Å². The van der Waals surface area contributed by atoms with Crippen molar-refractivity contribution in [3.05, 3.63) is 57.5 Å². The molecule has 0 N–H and O–H groups in total. The van der Waals surface area contributed by atoms with E-state index in [1.165, 1.54) is 26.2 Å². The Kier molecular flexibility index (Phi) is 6.16. The first-order valence-corrected chi connectivity index (χ1v) is 9.46. The molecule has 28 heavy (non-hydrogen) atoms. The number of imide groups is 1. The molecule has 0 unspecified atom stereocenters. The highest BCUT2D eigenvalue weighted by molar-refractivity contribution is 8.18. The smallest absolute Gasteiger partial charge is 0.293 e. The first-order valence-electron chi connectivity index (χ1n) is 8.27. The predicted octanol–water partition coefficient (Wildman–Crippen LogP) is 4.60. The Morgan fingerprint density at radius 2 is 1.68 bits per heavy atom.